The van der Waals surface area contributed by atoms with Crippen molar-refractivity contribution >= 4 is 58.2 Å². The lowest BCUT2D eigenvalue weighted by Gasteiger charge is -2.12. The summed E-state index contributed by atoms with van der Waals surface area (Å²) in [7, 11) is 1.60. The smallest absolute Gasteiger partial charge is 0.234 e. The SMILES string of the molecule is CCn1c(COc2ccc(C)cc2OC)nnc1SCC(=O)Nc1cc(Cl)c(Cl)cc1Cl. The van der Waals surface area contributed by atoms with Crippen LogP contribution in [0.25, 0.3) is 0 Å². The van der Waals surface area contributed by atoms with Crippen LogP contribution in [0.3, 0.4) is 0 Å². The van der Waals surface area contributed by atoms with Gasteiger partial charge in [0.2, 0.25) is 5.91 Å². The van der Waals surface area contributed by atoms with Crippen LogP contribution in [0, 0.1) is 6.92 Å². The van der Waals surface area contributed by atoms with Crippen molar-refractivity contribution in [2.24, 2.45) is 0 Å². The number of nitrogens with one attached hydrogen (secondary N) is 1. The third-order valence-electron chi connectivity index (χ3n) is 4.40. The predicted molar refractivity (Wildman–Crippen MR) is 129 cm³/mol. The van der Waals surface area contributed by atoms with Crippen LogP contribution >= 0.6 is 46.6 Å². The third kappa shape index (κ3) is 6.01. The number of aryl methyl sites for hydroxylation is 1. The zero-order chi connectivity index (χ0) is 23.3. The van der Waals surface area contributed by atoms with E-state index in [1.165, 1.54) is 23.9 Å². The van der Waals surface area contributed by atoms with Crippen LogP contribution in [0.2, 0.25) is 15.1 Å². The molecule has 0 fully saturated rings. The van der Waals surface area contributed by atoms with Gasteiger partial charge in [0, 0.05) is 6.54 Å². The van der Waals surface area contributed by atoms with Gasteiger partial charge in [-0.2, -0.15) is 0 Å². The fourth-order valence-electron chi connectivity index (χ4n) is 2.82. The van der Waals surface area contributed by atoms with E-state index < -0.39 is 0 Å². The molecule has 1 amide bonds. The van der Waals surface area contributed by atoms with Crippen LogP contribution in [-0.2, 0) is 17.9 Å². The molecule has 3 aromatic rings. The standard InChI is InChI=1S/C21H21Cl3N4O3S/c1-4-28-19(10-31-17-6-5-12(2)7-18(17)30-3)26-27-21(28)32-11-20(29)25-16-9-14(23)13(22)8-15(16)24/h5-9H,4,10-11H2,1-3H3,(H,25,29). The molecule has 0 saturated heterocycles. The lowest BCUT2D eigenvalue weighted by atomic mass is 10.2. The van der Waals surface area contributed by atoms with E-state index in [2.05, 4.69) is 15.5 Å². The highest BCUT2D eigenvalue weighted by Crippen LogP contribution is 2.32. The van der Waals surface area contributed by atoms with Gasteiger partial charge in [-0.3, -0.25) is 4.79 Å². The summed E-state index contributed by atoms with van der Waals surface area (Å²) in [4.78, 5) is 12.4. The number of carbonyl (C=O) groups is 1. The first-order valence-electron chi connectivity index (χ1n) is 9.59. The molecule has 0 spiro atoms. The van der Waals surface area contributed by atoms with Crippen LogP contribution < -0.4 is 14.8 Å². The molecule has 0 atom stereocenters. The van der Waals surface area contributed by atoms with Gasteiger partial charge in [0.15, 0.2) is 22.5 Å². The lowest BCUT2D eigenvalue weighted by Crippen LogP contribution is -2.15. The molecule has 0 aliphatic heterocycles. The summed E-state index contributed by atoms with van der Waals surface area (Å²) in [6.07, 6.45) is 0. The van der Waals surface area contributed by atoms with Crippen LogP contribution in [-0.4, -0.2) is 33.5 Å². The summed E-state index contributed by atoms with van der Waals surface area (Å²) < 4.78 is 13.2. The Labute approximate surface area is 205 Å². The van der Waals surface area contributed by atoms with E-state index in [1.54, 1.807) is 7.11 Å². The van der Waals surface area contributed by atoms with Crippen molar-refractivity contribution < 1.29 is 14.3 Å². The quantitative estimate of drug-likeness (QED) is 0.283. The van der Waals surface area contributed by atoms with Gasteiger partial charge < -0.3 is 19.4 Å². The first kappa shape index (κ1) is 24.5. The zero-order valence-corrected chi connectivity index (χ0v) is 20.7. The van der Waals surface area contributed by atoms with Gasteiger partial charge in [-0.15, -0.1) is 10.2 Å². The molecule has 2 aromatic carbocycles. The molecule has 0 radical (unpaired) electrons. The Morgan fingerprint density at radius 3 is 2.56 bits per heavy atom. The molecular formula is C21H21Cl3N4O3S. The second-order valence-corrected chi connectivity index (χ2v) is 8.83. The second kappa shape index (κ2) is 11.1. The summed E-state index contributed by atoms with van der Waals surface area (Å²) in [6.45, 7) is 4.79. The topological polar surface area (TPSA) is 78.3 Å². The number of amides is 1. The Kier molecular flexibility index (Phi) is 8.53. The maximum atomic E-state index is 12.4. The minimum atomic E-state index is -0.261. The molecule has 1 heterocycles. The van der Waals surface area contributed by atoms with Gasteiger partial charge in [0.25, 0.3) is 0 Å². The van der Waals surface area contributed by atoms with Crippen LogP contribution in [0.15, 0.2) is 35.5 Å². The van der Waals surface area contributed by atoms with E-state index in [-0.39, 0.29) is 18.3 Å². The molecule has 1 N–H and O–H groups in total. The largest absolute Gasteiger partial charge is 0.493 e. The molecule has 0 saturated carbocycles. The highest BCUT2D eigenvalue weighted by atomic mass is 35.5. The van der Waals surface area contributed by atoms with Crippen molar-refractivity contribution in [2.75, 3.05) is 18.2 Å². The highest BCUT2D eigenvalue weighted by Gasteiger charge is 2.16. The van der Waals surface area contributed by atoms with Crippen molar-refractivity contribution in [3.63, 3.8) is 0 Å². The number of benzene rings is 2. The Balaban J connectivity index is 1.62. The van der Waals surface area contributed by atoms with Gasteiger partial charge in [0.05, 0.1) is 33.6 Å². The molecule has 0 aliphatic rings. The number of carbonyl (C=O) groups excluding carboxylic acids is 1. The Bertz CT molecular complexity index is 1120. The molecule has 0 unspecified atom stereocenters. The average Bonchev–Trinajstić information content (AvgIpc) is 3.16. The van der Waals surface area contributed by atoms with E-state index in [0.29, 0.717) is 49.8 Å². The lowest BCUT2D eigenvalue weighted by molar-refractivity contribution is -0.113. The zero-order valence-electron chi connectivity index (χ0n) is 17.6. The summed E-state index contributed by atoms with van der Waals surface area (Å²) in [5, 5.41) is 12.7. The van der Waals surface area contributed by atoms with Crippen molar-refractivity contribution in [2.45, 2.75) is 32.2 Å². The molecule has 0 bridgehead atoms. The predicted octanol–water partition coefficient (Wildman–Crippen LogP) is 5.89. The Hall–Kier alpha value is -2.13. The van der Waals surface area contributed by atoms with Crippen LogP contribution in [0.5, 0.6) is 11.5 Å². The Morgan fingerprint density at radius 1 is 1.09 bits per heavy atom. The maximum Gasteiger partial charge on any atom is 0.234 e. The third-order valence-corrected chi connectivity index (χ3v) is 6.40. The molecule has 170 valence electrons. The monoisotopic (exact) mass is 514 g/mol. The summed E-state index contributed by atoms with van der Waals surface area (Å²) in [5.41, 5.74) is 1.47. The number of thioether (sulfide) groups is 1. The van der Waals surface area contributed by atoms with E-state index in [0.717, 1.165) is 5.56 Å². The number of nitrogens with zero attached hydrogens (tertiary/aromatic N) is 3. The van der Waals surface area contributed by atoms with Gasteiger partial charge in [-0.1, -0.05) is 52.6 Å². The number of halogens is 3. The van der Waals surface area contributed by atoms with Crippen molar-refractivity contribution in [1.29, 1.82) is 0 Å². The van der Waals surface area contributed by atoms with Crippen molar-refractivity contribution in [3.8, 4) is 11.5 Å². The minimum Gasteiger partial charge on any atom is -0.493 e. The molecule has 7 nitrogen and oxygen atoms in total. The average molecular weight is 516 g/mol. The number of anilines is 1. The highest BCUT2D eigenvalue weighted by molar-refractivity contribution is 7.99. The summed E-state index contributed by atoms with van der Waals surface area (Å²) in [5.74, 6) is 1.77. The number of hydrogen-bond donors (Lipinski definition) is 1. The fraction of sp³-hybridized carbons (Fsp3) is 0.286. The van der Waals surface area contributed by atoms with E-state index >= 15 is 0 Å². The number of rotatable bonds is 9. The fourth-order valence-corrected chi connectivity index (χ4v) is 4.24. The maximum absolute atomic E-state index is 12.4. The Morgan fingerprint density at radius 2 is 1.84 bits per heavy atom. The minimum absolute atomic E-state index is 0.112. The van der Waals surface area contributed by atoms with Gasteiger partial charge >= 0.3 is 0 Å². The normalized spacial score (nSPS) is 10.8. The molecule has 32 heavy (non-hydrogen) atoms. The molecule has 11 heteroatoms. The van der Waals surface area contributed by atoms with Gasteiger partial charge in [0.1, 0.15) is 6.61 Å². The number of aromatic nitrogens is 3. The van der Waals surface area contributed by atoms with Crippen molar-refractivity contribution in [1.82, 2.24) is 14.8 Å². The second-order valence-electron chi connectivity index (χ2n) is 6.67. The molecular weight excluding hydrogens is 495 g/mol. The van der Waals surface area contributed by atoms with E-state index in [9.17, 15) is 4.79 Å². The van der Waals surface area contributed by atoms with Crippen molar-refractivity contribution in [3.05, 3.63) is 56.8 Å². The van der Waals surface area contributed by atoms with Gasteiger partial charge in [-0.25, -0.2) is 0 Å². The molecule has 1 aromatic heterocycles. The first-order valence-corrected chi connectivity index (χ1v) is 11.7. The number of hydrogen-bond acceptors (Lipinski definition) is 6. The van der Waals surface area contributed by atoms with Crippen LogP contribution in [0.4, 0.5) is 5.69 Å². The van der Waals surface area contributed by atoms with Crippen LogP contribution in [0.1, 0.15) is 18.3 Å². The van der Waals surface area contributed by atoms with E-state index in [1.807, 2.05) is 36.6 Å². The van der Waals surface area contributed by atoms with E-state index in [4.69, 9.17) is 44.3 Å². The summed E-state index contributed by atoms with van der Waals surface area (Å²) >= 11 is 19.3. The molecule has 3 rings (SSSR count). The van der Waals surface area contributed by atoms with Gasteiger partial charge in [-0.05, 0) is 43.7 Å². The number of methoxy groups -OCH3 is 1. The first-order chi connectivity index (χ1) is 15.3. The molecule has 0 aliphatic carbocycles. The number of ether oxygens (including phenoxy) is 2. The summed E-state index contributed by atoms with van der Waals surface area (Å²) in [6, 6.07) is 8.70.